The van der Waals surface area contributed by atoms with Gasteiger partial charge in [0, 0.05) is 19.8 Å². The summed E-state index contributed by atoms with van der Waals surface area (Å²) in [5, 5.41) is 23.4. The molecule has 0 radical (unpaired) electrons. The number of rotatable bonds is 4. The highest BCUT2D eigenvalue weighted by molar-refractivity contribution is 5.46. The van der Waals surface area contributed by atoms with Gasteiger partial charge in [0.25, 0.3) is 0 Å². The van der Waals surface area contributed by atoms with Crippen molar-refractivity contribution in [2.24, 2.45) is 7.05 Å². The summed E-state index contributed by atoms with van der Waals surface area (Å²) in [6.07, 6.45) is 0. The summed E-state index contributed by atoms with van der Waals surface area (Å²) in [5.74, 6) is 1.82. The predicted molar refractivity (Wildman–Crippen MR) is 66.0 cm³/mol. The largest absolute Gasteiger partial charge is 0.508 e. The van der Waals surface area contributed by atoms with Crippen LogP contribution in [0.2, 0.25) is 0 Å². The molecule has 2 rings (SSSR count). The average Bonchev–Trinajstić information content (AvgIpc) is 2.69. The smallest absolute Gasteiger partial charge is 0.224 e. The van der Waals surface area contributed by atoms with E-state index in [2.05, 4.69) is 20.8 Å². The Bertz CT molecular complexity index is 491. The Kier molecular flexibility index (Phi) is 3.13. The van der Waals surface area contributed by atoms with E-state index in [1.54, 1.807) is 19.2 Å². The van der Waals surface area contributed by atoms with Gasteiger partial charge in [-0.2, -0.15) is 0 Å². The van der Waals surface area contributed by atoms with E-state index in [-0.39, 0.29) is 5.75 Å². The highest BCUT2D eigenvalue weighted by atomic mass is 16.3. The minimum Gasteiger partial charge on any atom is -0.508 e. The third-order valence-corrected chi connectivity index (χ3v) is 2.51. The molecule has 0 saturated carbocycles. The Labute approximate surface area is 99.3 Å². The van der Waals surface area contributed by atoms with Crippen LogP contribution < -0.4 is 10.6 Å². The van der Waals surface area contributed by atoms with Crippen LogP contribution in [0, 0.1) is 0 Å². The molecular weight excluding hydrogens is 218 g/mol. The van der Waals surface area contributed by atoms with Crippen LogP contribution in [0.4, 0.5) is 11.6 Å². The molecule has 2 aromatic rings. The molecule has 0 unspecified atom stereocenters. The fourth-order valence-electron chi connectivity index (χ4n) is 1.49. The third kappa shape index (κ3) is 2.47. The average molecular weight is 233 g/mol. The molecule has 0 fully saturated rings. The monoisotopic (exact) mass is 233 g/mol. The van der Waals surface area contributed by atoms with Crippen molar-refractivity contribution >= 4 is 11.6 Å². The molecule has 0 atom stereocenters. The number of nitrogens with one attached hydrogen (secondary N) is 2. The van der Waals surface area contributed by atoms with Crippen molar-refractivity contribution in [1.29, 1.82) is 0 Å². The van der Waals surface area contributed by atoms with Gasteiger partial charge in [-0.1, -0.05) is 0 Å². The maximum absolute atomic E-state index is 9.16. The highest BCUT2D eigenvalue weighted by Crippen LogP contribution is 2.14. The maximum Gasteiger partial charge on any atom is 0.224 e. The lowest BCUT2D eigenvalue weighted by atomic mass is 10.3. The number of hydrogen-bond donors (Lipinski definition) is 3. The second-order valence-corrected chi connectivity index (χ2v) is 3.65. The van der Waals surface area contributed by atoms with Gasteiger partial charge in [-0.05, 0) is 24.3 Å². The molecule has 0 aliphatic carbocycles. The minimum absolute atomic E-state index is 0.256. The molecule has 6 nitrogen and oxygen atoms in total. The molecule has 1 heterocycles. The van der Waals surface area contributed by atoms with Gasteiger partial charge in [-0.3, -0.25) is 4.57 Å². The number of phenolic OH excluding ortho intramolecular Hbond substituents is 1. The molecule has 0 bridgehead atoms. The van der Waals surface area contributed by atoms with Gasteiger partial charge in [0.1, 0.15) is 5.75 Å². The second-order valence-electron chi connectivity index (χ2n) is 3.65. The number of phenols is 1. The van der Waals surface area contributed by atoms with Crippen molar-refractivity contribution in [3.8, 4) is 5.75 Å². The number of anilines is 2. The Balaban J connectivity index is 2.02. The third-order valence-electron chi connectivity index (χ3n) is 2.51. The van der Waals surface area contributed by atoms with Crippen LogP contribution in [0.25, 0.3) is 0 Å². The molecule has 3 N–H and O–H groups in total. The standard InChI is InChI=1S/C11H15N5O/c1-12-11-15-14-10(16(11)2)7-13-8-3-5-9(17)6-4-8/h3-6,13,17H,7H2,1-2H3,(H,12,15). The van der Waals surface area contributed by atoms with Crippen LogP contribution >= 0.6 is 0 Å². The molecular formula is C11H15N5O. The quantitative estimate of drug-likeness (QED) is 0.691. The summed E-state index contributed by atoms with van der Waals surface area (Å²) >= 11 is 0. The number of nitrogens with zero attached hydrogens (tertiary/aromatic N) is 3. The maximum atomic E-state index is 9.16. The van der Waals surface area contributed by atoms with Gasteiger partial charge in [0.15, 0.2) is 5.82 Å². The van der Waals surface area contributed by atoms with Gasteiger partial charge < -0.3 is 15.7 Å². The first-order chi connectivity index (χ1) is 8.20. The summed E-state index contributed by atoms with van der Waals surface area (Å²) in [6.45, 7) is 0.579. The lowest BCUT2D eigenvalue weighted by Crippen LogP contribution is -2.07. The molecule has 0 aliphatic heterocycles. The van der Waals surface area contributed by atoms with Gasteiger partial charge in [-0.15, -0.1) is 10.2 Å². The van der Waals surface area contributed by atoms with Crippen LogP contribution in [0.3, 0.4) is 0 Å². The van der Waals surface area contributed by atoms with E-state index >= 15 is 0 Å². The Morgan fingerprint density at radius 3 is 2.53 bits per heavy atom. The second kappa shape index (κ2) is 4.73. The van der Waals surface area contributed by atoms with E-state index in [9.17, 15) is 0 Å². The zero-order chi connectivity index (χ0) is 12.3. The highest BCUT2D eigenvalue weighted by Gasteiger charge is 2.06. The van der Waals surface area contributed by atoms with E-state index in [1.807, 2.05) is 23.7 Å². The molecule has 0 aliphatic rings. The van der Waals surface area contributed by atoms with Crippen LogP contribution in [0.5, 0.6) is 5.75 Å². The Morgan fingerprint density at radius 1 is 1.24 bits per heavy atom. The summed E-state index contributed by atoms with van der Waals surface area (Å²) in [5.41, 5.74) is 0.928. The van der Waals surface area contributed by atoms with Crippen LogP contribution in [0.1, 0.15) is 5.82 Å². The zero-order valence-corrected chi connectivity index (χ0v) is 9.81. The van der Waals surface area contributed by atoms with Crippen molar-refractivity contribution in [3.63, 3.8) is 0 Å². The normalized spacial score (nSPS) is 10.2. The number of aromatic hydroxyl groups is 1. The van der Waals surface area contributed by atoms with E-state index in [0.29, 0.717) is 6.54 Å². The van der Waals surface area contributed by atoms with Crippen molar-refractivity contribution in [3.05, 3.63) is 30.1 Å². The summed E-state index contributed by atoms with van der Waals surface area (Å²) in [4.78, 5) is 0. The van der Waals surface area contributed by atoms with Crippen molar-refractivity contribution in [1.82, 2.24) is 14.8 Å². The fraction of sp³-hybridized carbons (Fsp3) is 0.273. The Morgan fingerprint density at radius 2 is 1.94 bits per heavy atom. The lowest BCUT2D eigenvalue weighted by molar-refractivity contribution is 0.475. The molecule has 17 heavy (non-hydrogen) atoms. The van der Waals surface area contributed by atoms with Crippen molar-refractivity contribution < 1.29 is 5.11 Å². The molecule has 90 valence electrons. The molecule has 0 saturated heterocycles. The van der Waals surface area contributed by atoms with E-state index in [4.69, 9.17) is 5.11 Å². The van der Waals surface area contributed by atoms with Crippen LogP contribution in [-0.4, -0.2) is 26.9 Å². The van der Waals surface area contributed by atoms with E-state index in [0.717, 1.165) is 17.5 Å². The topological polar surface area (TPSA) is 75.0 Å². The van der Waals surface area contributed by atoms with E-state index < -0.39 is 0 Å². The molecule has 1 aromatic carbocycles. The van der Waals surface area contributed by atoms with Crippen LogP contribution in [-0.2, 0) is 13.6 Å². The van der Waals surface area contributed by atoms with Crippen molar-refractivity contribution in [2.75, 3.05) is 17.7 Å². The van der Waals surface area contributed by atoms with Gasteiger partial charge in [0.2, 0.25) is 5.95 Å². The lowest BCUT2D eigenvalue weighted by Gasteiger charge is -2.06. The fourth-order valence-corrected chi connectivity index (χ4v) is 1.49. The van der Waals surface area contributed by atoms with Crippen molar-refractivity contribution in [2.45, 2.75) is 6.54 Å². The van der Waals surface area contributed by atoms with Gasteiger partial charge in [-0.25, -0.2) is 0 Å². The first-order valence-electron chi connectivity index (χ1n) is 5.29. The first kappa shape index (κ1) is 11.3. The number of aromatic nitrogens is 3. The molecule has 6 heteroatoms. The molecule has 1 aromatic heterocycles. The molecule has 0 amide bonds. The number of hydrogen-bond acceptors (Lipinski definition) is 5. The summed E-state index contributed by atoms with van der Waals surface area (Å²) in [6, 6.07) is 6.89. The van der Waals surface area contributed by atoms with Crippen LogP contribution in [0.15, 0.2) is 24.3 Å². The summed E-state index contributed by atoms with van der Waals surface area (Å²) in [7, 11) is 3.71. The Hall–Kier alpha value is -2.24. The minimum atomic E-state index is 0.256. The summed E-state index contributed by atoms with van der Waals surface area (Å²) < 4.78 is 1.88. The van der Waals surface area contributed by atoms with E-state index in [1.165, 1.54) is 0 Å². The predicted octanol–water partition coefficient (Wildman–Crippen LogP) is 1.17. The molecule has 0 spiro atoms. The van der Waals surface area contributed by atoms with Gasteiger partial charge >= 0.3 is 0 Å². The zero-order valence-electron chi connectivity index (χ0n) is 9.81. The van der Waals surface area contributed by atoms with Gasteiger partial charge in [0.05, 0.1) is 6.54 Å². The first-order valence-corrected chi connectivity index (χ1v) is 5.29. The number of benzene rings is 1. The SMILES string of the molecule is CNc1nnc(CNc2ccc(O)cc2)n1C.